The molecule has 0 aliphatic carbocycles. The Bertz CT molecular complexity index is 355. The summed E-state index contributed by atoms with van der Waals surface area (Å²) in [7, 11) is 0. The van der Waals surface area contributed by atoms with Crippen LogP contribution in [0.5, 0.6) is 0 Å². The van der Waals surface area contributed by atoms with Crippen molar-refractivity contribution in [1.82, 2.24) is 0 Å². The van der Waals surface area contributed by atoms with Crippen molar-refractivity contribution in [3.63, 3.8) is 0 Å². The molecule has 0 bridgehead atoms. The predicted octanol–water partition coefficient (Wildman–Crippen LogP) is 3.13. The molecule has 0 atom stereocenters. The first-order chi connectivity index (χ1) is 7.29. The minimum atomic E-state index is 0.513. The van der Waals surface area contributed by atoms with Gasteiger partial charge in [0.2, 0.25) is 0 Å². The lowest BCUT2D eigenvalue weighted by atomic mass is 10.2. The Morgan fingerprint density at radius 1 is 1.40 bits per heavy atom. The minimum absolute atomic E-state index is 0.513. The monoisotopic (exact) mass is 204 g/mol. The van der Waals surface area contributed by atoms with Gasteiger partial charge in [0.1, 0.15) is 0 Å². The van der Waals surface area contributed by atoms with E-state index in [1.807, 2.05) is 12.1 Å². The molecular weight excluding hydrogens is 188 g/mol. The first-order valence-corrected chi connectivity index (χ1v) is 5.11. The molecule has 0 radical (unpaired) electrons. The van der Waals surface area contributed by atoms with Gasteiger partial charge < -0.3 is 4.90 Å². The van der Waals surface area contributed by atoms with Crippen LogP contribution < -0.4 is 4.90 Å². The summed E-state index contributed by atoms with van der Waals surface area (Å²) in [6, 6.07) is 8.24. The molecule has 4 heteroatoms. The third-order valence-electron chi connectivity index (χ3n) is 2.37. The zero-order valence-electron chi connectivity index (χ0n) is 9.22. The van der Waals surface area contributed by atoms with Crippen LogP contribution in [-0.2, 0) is 0 Å². The van der Waals surface area contributed by atoms with E-state index in [9.17, 15) is 0 Å². The van der Waals surface area contributed by atoms with Crippen LogP contribution >= 0.6 is 0 Å². The molecule has 1 rings (SSSR count). The van der Waals surface area contributed by atoms with E-state index < -0.39 is 0 Å². The van der Waals surface area contributed by atoms with Crippen molar-refractivity contribution in [2.75, 3.05) is 24.5 Å². The van der Waals surface area contributed by atoms with Gasteiger partial charge in [-0.15, -0.1) is 0 Å². The Balaban J connectivity index is 2.73. The van der Waals surface area contributed by atoms with Crippen LogP contribution in [0.25, 0.3) is 10.4 Å². The number of hydrogen-bond acceptors (Lipinski definition) is 2. The van der Waals surface area contributed by atoms with Crippen LogP contribution in [-0.4, -0.2) is 19.6 Å². The van der Waals surface area contributed by atoms with Crippen molar-refractivity contribution in [2.24, 2.45) is 5.11 Å². The standard InChI is InChI=1S/C11H16N4/c1-3-15(9-8-13-14-12)11-7-5-4-6-10(11)2/h4-7H,3,8-9H2,1-2H3. The van der Waals surface area contributed by atoms with Gasteiger partial charge in [-0.05, 0) is 31.0 Å². The lowest BCUT2D eigenvalue weighted by Gasteiger charge is -2.23. The smallest absolute Gasteiger partial charge is 0.0434 e. The van der Waals surface area contributed by atoms with Gasteiger partial charge in [0.05, 0.1) is 0 Å². The Labute approximate surface area is 90.1 Å². The molecule has 0 saturated heterocycles. The van der Waals surface area contributed by atoms with E-state index >= 15 is 0 Å². The average molecular weight is 204 g/mol. The maximum atomic E-state index is 8.22. The Kier molecular flexibility index (Phi) is 4.51. The number of nitrogens with zero attached hydrogens (tertiary/aromatic N) is 4. The highest BCUT2D eigenvalue weighted by atomic mass is 15.2. The van der Waals surface area contributed by atoms with Gasteiger partial charge >= 0.3 is 0 Å². The maximum Gasteiger partial charge on any atom is 0.0434 e. The molecule has 0 unspecified atom stereocenters. The van der Waals surface area contributed by atoms with Crippen LogP contribution in [0.15, 0.2) is 29.4 Å². The fourth-order valence-electron chi connectivity index (χ4n) is 1.58. The summed E-state index contributed by atoms with van der Waals surface area (Å²) in [4.78, 5) is 4.97. The Morgan fingerprint density at radius 3 is 2.73 bits per heavy atom. The molecule has 0 fully saturated rings. The van der Waals surface area contributed by atoms with Crippen molar-refractivity contribution in [3.05, 3.63) is 40.3 Å². The molecule has 0 aliphatic rings. The highest BCUT2D eigenvalue weighted by molar-refractivity contribution is 5.52. The molecule has 4 nitrogen and oxygen atoms in total. The molecule has 1 aromatic rings. The van der Waals surface area contributed by atoms with Gasteiger partial charge in [-0.1, -0.05) is 23.3 Å². The molecule has 0 heterocycles. The maximum absolute atomic E-state index is 8.22. The lowest BCUT2D eigenvalue weighted by molar-refractivity contribution is 0.810. The molecular formula is C11H16N4. The molecule has 0 saturated carbocycles. The molecule has 0 N–H and O–H groups in total. The topological polar surface area (TPSA) is 52.0 Å². The number of rotatable bonds is 5. The minimum Gasteiger partial charge on any atom is -0.371 e. The van der Waals surface area contributed by atoms with Crippen molar-refractivity contribution in [2.45, 2.75) is 13.8 Å². The van der Waals surface area contributed by atoms with Crippen LogP contribution in [0.2, 0.25) is 0 Å². The zero-order valence-corrected chi connectivity index (χ0v) is 9.22. The summed E-state index contributed by atoms with van der Waals surface area (Å²) in [5.41, 5.74) is 10.7. The fourth-order valence-corrected chi connectivity index (χ4v) is 1.58. The third kappa shape index (κ3) is 3.18. The summed E-state index contributed by atoms with van der Waals surface area (Å²) in [5.74, 6) is 0. The molecule has 15 heavy (non-hydrogen) atoms. The van der Waals surface area contributed by atoms with Gasteiger partial charge in [0, 0.05) is 30.2 Å². The fraction of sp³-hybridized carbons (Fsp3) is 0.455. The third-order valence-corrected chi connectivity index (χ3v) is 2.37. The number of hydrogen-bond donors (Lipinski definition) is 0. The lowest BCUT2D eigenvalue weighted by Crippen LogP contribution is -2.26. The molecule has 0 spiro atoms. The van der Waals surface area contributed by atoms with E-state index in [2.05, 4.69) is 40.9 Å². The van der Waals surface area contributed by atoms with Gasteiger partial charge in [-0.2, -0.15) is 0 Å². The van der Waals surface area contributed by atoms with Gasteiger partial charge in [-0.3, -0.25) is 0 Å². The summed E-state index contributed by atoms with van der Waals surface area (Å²) >= 11 is 0. The normalized spacial score (nSPS) is 9.47. The second-order valence-electron chi connectivity index (χ2n) is 3.32. The van der Waals surface area contributed by atoms with Gasteiger partial charge in [0.15, 0.2) is 0 Å². The van der Waals surface area contributed by atoms with E-state index in [0.717, 1.165) is 13.1 Å². The van der Waals surface area contributed by atoms with Crippen LogP contribution in [0, 0.1) is 6.92 Å². The summed E-state index contributed by atoms with van der Waals surface area (Å²) in [5, 5.41) is 3.55. The molecule has 0 amide bonds. The second kappa shape index (κ2) is 5.94. The highest BCUT2D eigenvalue weighted by Gasteiger charge is 2.04. The SMILES string of the molecule is CCN(CCN=[N+]=[N-])c1ccccc1C. The van der Waals surface area contributed by atoms with E-state index in [4.69, 9.17) is 5.53 Å². The zero-order chi connectivity index (χ0) is 11.1. The number of azide groups is 1. The number of benzene rings is 1. The summed E-state index contributed by atoms with van der Waals surface area (Å²) in [6.07, 6.45) is 0. The van der Waals surface area contributed by atoms with Crippen molar-refractivity contribution < 1.29 is 0 Å². The van der Waals surface area contributed by atoms with E-state index in [0.29, 0.717) is 6.54 Å². The Hall–Kier alpha value is -1.67. The van der Waals surface area contributed by atoms with Crippen molar-refractivity contribution in [1.29, 1.82) is 0 Å². The molecule has 80 valence electrons. The average Bonchev–Trinajstić information content (AvgIpc) is 2.26. The van der Waals surface area contributed by atoms with Crippen molar-refractivity contribution >= 4 is 5.69 Å². The predicted molar refractivity (Wildman–Crippen MR) is 63.1 cm³/mol. The first kappa shape index (κ1) is 11.4. The van der Waals surface area contributed by atoms with E-state index in [1.165, 1.54) is 11.3 Å². The Morgan fingerprint density at radius 2 is 2.13 bits per heavy atom. The molecule has 1 aromatic carbocycles. The summed E-state index contributed by atoms with van der Waals surface area (Å²) < 4.78 is 0. The number of para-hydroxylation sites is 1. The van der Waals surface area contributed by atoms with Gasteiger partial charge in [-0.25, -0.2) is 0 Å². The summed E-state index contributed by atoms with van der Waals surface area (Å²) in [6.45, 7) is 6.39. The molecule has 0 aliphatic heterocycles. The molecule has 0 aromatic heterocycles. The van der Waals surface area contributed by atoms with Crippen molar-refractivity contribution in [3.8, 4) is 0 Å². The van der Waals surface area contributed by atoms with Gasteiger partial charge in [0.25, 0.3) is 0 Å². The van der Waals surface area contributed by atoms with Crippen LogP contribution in [0.3, 0.4) is 0 Å². The van der Waals surface area contributed by atoms with Crippen LogP contribution in [0.1, 0.15) is 12.5 Å². The second-order valence-corrected chi connectivity index (χ2v) is 3.32. The van der Waals surface area contributed by atoms with E-state index in [-0.39, 0.29) is 0 Å². The quantitative estimate of drug-likeness (QED) is 0.413. The van der Waals surface area contributed by atoms with Crippen LogP contribution in [0.4, 0.5) is 5.69 Å². The number of aryl methyl sites for hydroxylation is 1. The first-order valence-electron chi connectivity index (χ1n) is 5.11. The largest absolute Gasteiger partial charge is 0.371 e. The number of anilines is 1. The van der Waals surface area contributed by atoms with E-state index in [1.54, 1.807) is 0 Å². The number of likely N-dealkylation sites (N-methyl/N-ethyl adjacent to an activating group) is 1. The highest BCUT2D eigenvalue weighted by Crippen LogP contribution is 2.18.